The molecule has 4 aromatic rings. The third-order valence-electron chi connectivity index (χ3n) is 7.17. The fourth-order valence-electron chi connectivity index (χ4n) is 4.91. The van der Waals surface area contributed by atoms with Crippen molar-refractivity contribution in [3.8, 4) is 22.6 Å². The highest BCUT2D eigenvalue weighted by Crippen LogP contribution is 2.44. The van der Waals surface area contributed by atoms with Gasteiger partial charge in [0.05, 0.1) is 0 Å². The Morgan fingerprint density at radius 3 is 1.66 bits per heavy atom. The number of benzene rings is 4. The van der Waals surface area contributed by atoms with Crippen LogP contribution in [0.5, 0.6) is 11.5 Å². The number of amides is 1. The number of phenols is 2. The van der Waals surface area contributed by atoms with Crippen molar-refractivity contribution in [3.05, 3.63) is 119 Å². The number of aromatic hydroxyl groups is 2. The van der Waals surface area contributed by atoms with E-state index in [2.05, 4.69) is 5.32 Å². The number of carbonyl (C=O) groups is 3. The summed E-state index contributed by atoms with van der Waals surface area (Å²) in [5, 5.41) is 38.4. The molecule has 0 saturated heterocycles. The molecule has 47 heavy (non-hydrogen) atoms. The molecule has 1 aliphatic rings. The zero-order valence-electron chi connectivity index (χ0n) is 23.7. The minimum atomic E-state index is -1.31. The quantitative estimate of drug-likeness (QED) is 0.130. The molecule has 250 valence electrons. The Morgan fingerprint density at radius 1 is 0.745 bits per heavy atom. The molecule has 2 atom stereocenters. The summed E-state index contributed by atoms with van der Waals surface area (Å²) in [6.45, 7) is 0.0556. The second-order valence-corrected chi connectivity index (χ2v) is 10.3. The van der Waals surface area contributed by atoms with E-state index in [0.29, 0.717) is 11.1 Å². The molecule has 4 aromatic carbocycles. The van der Waals surface area contributed by atoms with Gasteiger partial charge in [-0.3, -0.25) is 4.79 Å². The van der Waals surface area contributed by atoms with Crippen molar-refractivity contribution < 1.29 is 48.3 Å². The van der Waals surface area contributed by atoms with E-state index < -0.39 is 53.2 Å². The Kier molecular flexibility index (Phi) is 13.4. The highest BCUT2D eigenvalue weighted by molar-refractivity contribution is 5.81. The van der Waals surface area contributed by atoms with Crippen LogP contribution >= 0.6 is 0 Å². The van der Waals surface area contributed by atoms with Crippen LogP contribution in [-0.4, -0.2) is 57.1 Å². The van der Waals surface area contributed by atoms with Gasteiger partial charge in [-0.05, 0) is 64.1 Å². The number of carboxylic acid groups (broad SMARTS) is 2. The molecule has 1 aliphatic carbocycles. The van der Waals surface area contributed by atoms with E-state index in [0.717, 1.165) is 40.5 Å². The van der Waals surface area contributed by atoms with E-state index in [1.54, 1.807) is 0 Å². The lowest BCUT2D eigenvalue weighted by Gasteiger charge is -2.17. The van der Waals surface area contributed by atoms with Crippen LogP contribution in [0.3, 0.4) is 0 Å². The number of aliphatic carboxylic acids is 2. The van der Waals surface area contributed by atoms with Crippen LogP contribution < -0.4 is 11.1 Å². The highest BCUT2D eigenvalue weighted by Gasteiger charge is 2.30. The van der Waals surface area contributed by atoms with Crippen molar-refractivity contribution in [2.75, 3.05) is 6.61 Å². The van der Waals surface area contributed by atoms with Gasteiger partial charge in [0, 0.05) is 12.3 Å². The van der Waals surface area contributed by atoms with Crippen LogP contribution in [0.15, 0.2) is 84.9 Å². The van der Waals surface area contributed by atoms with Crippen molar-refractivity contribution in [1.29, 1.82) is 0 Å². The number of rotatable bonds is 9. The summed E-state index contributed by atoms with van der Waals surface area (Å²) in [6.07, 6.45) is -0.989. The van der Waals surface area contributed by atoms with Gasteiger partial charge in [-0.25, -0.2) is 18.4 Å². The Balaban J connectivity index is 0.000000408. The van der Waals surface area contributed by atoms with Crippen LogP contribution in [-0.2, 0) is 27.2 Å². The average molecular weight is 653 g/mol. The van der Waals surface area contributed by atoms with Crippen molar-refractivity contribution in [2.24, 2.45) is 5.73 Å². The number of nitrogens with two attached hydrogens (primary N) is 1. The molecule has 0 fully saturated rings. The van der Waals surface area contributed by atoms with Crippen molar-refractivity contribution in [2.45, 2.75) is 45.7 Å². The largest absolute Gasteiger partial charge is 0.505 e. The fraction of sp³-hybridized carbons (Fsp3) is 0.229. The zero-order chi connectivity index (χ0) is 32.7. The maximum Gasteiger partial charge on any atom is 0.407 e. The lowest BCUT2D eigenvalue weighted by molar-refractivity contribution is -0.139. The smallest absolute Gasteiger partial charge is 0.407 e. The number of carboxylic acids is 2. The van der Waals surface area contributed by atoms with E-state index >= 15 is 0 Å². The van der Waals surface area contributed by atoms with Gasteiger partial charge in [-0.2, -0.15) is 0 Å². The number of ether oxygens (including phenoxy) is 1. The number of nitrogens with one attached hydrogen (secondary N) is 1. The van der Waals surface area contributed by atoms with Gasteiger partial charge < -0.3 is 36.2 Å². The number of hydrogen-bond acceptors (Lipinski definition) is 7. The van der Waals surface area contributed by atoms with E-state index in [1.165, 1.54) is 18.2 Å². The van der Waals surface area contributed by atoms with E-state index in [1.807, 2.05) is 48.5 Å². The molecule has 0 unspecified atom stereocenters. The van der Waals surface area contributed by atoms with Crippen molar-refractivity contribution in [3.63, 3.8) is 0 Å². The lowest BCUT2D eigenvalue weighted by atomic mass is 9.98. The maximum atomic E-state index is 13.5. The maximum absolute atomic E-state index is 13.5. The molecule has 0 aliphatic heterocycles. The van der Waals surface area contributed by atoms with Crippen molar-refractivity contribution >= 4 is 18.0 Å². The minimum Gasteiger partial charge on any atom is -0.505 e. The van der Waals surface area contributed by atoms with E-state index in [4.69, 9.17) is 20.7 Å². The summed E-state index contributed by atoms with van der Waals surface area (Å²) >= 11 is 0. The molecule has 7 N–H and O–H groups in total. The van der Waals surface area contributed by atoms with Crippen LogP contribution in [0.2, 0.25) is 0 Å². The SMILES string of the molecule is C.C.N[C@@H](Cc1ccc(O)c(F)c1)C(=O)O.O=C(N[C@@H](Cc1ccc(O)c(F)c1)C(=O)O)OCC1c2ccccc2-c2ccccc21. The molecular formula is C35H38F2N2O8. The van der Waals surface area contributed by atoms with Gasteiger partial charge in [-0.1, -0.05) is 75.5 Å². The van der Waals surface area contributed by atoms with Crippen LogP contribution in [0.1, 0.15) is 43.0 Å². The highest BCUT2D eigenvalue weighted by atomic mass is 19.1. The molecule has 10 nitrogen and oxygen atoms in total. The number of fused-ring (bicyclic) bond motifs is 3. The summed E-state index contributed by atoms with van der Waals surface area (Å²) in [6, 6.07) is 20.6. The summed E-state index contributed by atoms with van der Waals surface area (Å²) in [5.41, 5.74) is 10.3. The fourth-order valence-corrected chi connectivity index (χ4v) is 4.91. The van der Waals surface area contributed by atoms with E-state index in [9.17, 15) is 33.4 Å². The summed E-state index contributed by atoms with van der Waals surface area (Å²) in [7, 11) is 0. The first-order valence-corrected chi connectivity index (χ1v) is 13.7. The summed E-state index contributed by atoms with van der Waals surface area (Å²) in [5.74, 6) is -5.19. The van der Waals surface area contributed by atoms with E-state index in [-0.39, 0.29) is 40.2 Å². The third kappa shape index (κ3) is 9.50. The average Bonchev–Trinajstić information content (AvgIpc) is 3.33. The molecule has 0 radical (unpaired) electrons. The van der Waals surface area contributed by atoms with Gasteiger partial charge in [-0.15, -0.1) is 0 Å². The van der Waals surface area contributed by atoms with Crippen LogP contribution in [0.4, 0.5) is 13.6 Å². The van der Waals surface area contributed by atoms with Gasteiger partial charge in [0.15, 0.2) is 23.1 Å². The predicted molar refractivity (Wildman–Crippen MR) is 172 cm³/mol. The molecule has 0 saturated carbocycles. The third-order valence-corrected chi connectivity index (χ3v) is 7.17. The molecular weight excluding hydrogens is 614 g/mol. The Bertz CT molecular complexity index is 1670. The Labute approximate surface area is 271 Å². The second-order valence-electron chi connectivity index (χ2n) is 10.3. The van der Waals surface area contributed by atoms with Crippen LogP contribution in [0.25, 0.3) is 11.1 Å². The monoisotopic (exact) mass is 652 g/mol. The molecule has 5 rings (SSSR count). The predicted octanol–water partition coefficient (Wildman–Crippen LogP) is 5.82. The van der Waals surface area contributed by atoms with Gasteiger partial charge in [0.2, 0.25) is 0 Å². The lowest BCUT2D eigenvalue weighted by Crippen LogP contribution is -2.42. The Morgan fingerprint density at radius 2 is 1.21 bits per heavy atom. The zero-order valence-corrected chi connectivity index (χ0v) is 23.7. The number of carbonyl (C=O) groups excluding carboxylic acids is 1. The minimum absolute atomic E-state index is 0. The molecule has 0 bridgehead atoms. The number of alkyl carbamates (subject to hydrolysis) is 1. The number of hydrogen-bond donors (Lipinski definition) is 6. The standard InChI is InChI=1S/C24H20FNO5.C9H10FNO3.2CH4/c25-20-11-14(9-10-22(20)27)12-21(23(28)29)26-24(30)31-13-19-17-7-3-1-5-15(17)16-6-2-4-8-18(16)19;10-6-3-5(1-2-8(6)12)4-7(11)9(13)14;;/h1-11,19,21,27H,12-13H2,(H,26,30)(H,28,29);1-3,7,12H,4,11H2,(H,13,14);2*1H4/t21-;7-;;/m00../s1. The molecule has 1 amide bonds. The molecule has 0 heterocycles. The molecule has 0 aromatic heterocycles. The summed E-state index contributed by atoms with van der Waals surface area (Å²) < 4.78 is 31.7. The summed E-state index contributed by atoms with van der Waals surface area (Å²) in [4.78, 5) is 34.3. The first-order valence-electron chi connectivity index (χ1n) is 13.7. The van der Waals surface area contributed by atoms with Gasteiger partial charge >= 0.3 is 18.0 Å². The molecule has 12 heteroatoms. The number of halogens is 2. The topological polar surface area (TPSA) is 179 Å². The molecule has 0 spiro atoms. The van der Waals surface area contributed by atoms with Crippen LogP contribution in [0, 0.1) is 11.6 Å². The second kappa shape index (κ2) is 16.7. The van der Waals surface area contributed by atoms with Crippen molar-refractivity contribution in [1.82, 2.24) is 5.32 Å². The number of phenolic OH excluding ortho intramolecular Hbond substituents is 2. The first-order chi connectivity index (χ1) is 21.4. The normalized spacial score (nSPS) is 12.4. The first kappa shape index (κ1) is 37.7. The van der Waals surface area contributed by atoms with Gasteiger partial charge in [0.1, 0.15) is 18.7 Å². The van der Waals surface area contributed by atoms with Gasteiger partial charge in [0.25, 0.3) is 0 Å². The Hall–Kier alpha value is -5.49.